The molecule has 2 N–H and O–H groups in total. The largest absolute Gasteiger partial charge is 0.496 e. The van der Waals surface area contributed by atoms with Crippen LogP contribution in [0.25, 0.3) is 0 Å². The van der Waals surface area contributed by atoms with Gasteiger partial charge in [0, 0.05) is 24.1 Å². The van der Waals surface area contributed by atoms with Gasteiger partial charge in [-0.25, -0.2) is 0 Å². The molecule has 0 bridgehead atoms. The molecule has 2 aromatic carbocycles. The van der Waals surface area contributed by atoms with Crippen molar-refractivity contribution in [1.29, 1.82) is 0 Å². The first-order valence-electron chi connectivity index (χ1n) is 6.28. The molecule has 100 valence electrons. The second kappa shape index (κ2) is 5.22. The van der Waals surface area contributed by atoms with E-state index in [1.165, 1.54) is 5.56 Å². The molecular weight excluding hydrogens is 236 g/mol. The van der Waals surface area contributed by atoms with Crippen molar-refractivity contribution in [1.82, 2.24) is 0 Å². The molecule has 0 amide bonds. The third kappa shape index (κ3) is 2.50. The highest BCUT2D eigenvalue weighted by Gasteiger charge is 2.11. The van der Waals surface area contributed by atoms with Crippen LogP contribution in [0.3, 0.4) is 0 Å². The number of benzene rings is 2. The molecule has 0 radical (unpaired) electrons. The molecule has 0 fully saturated rings. The Morgan fingerprint density at radius 2 is 1.79 bits per heavy atom. The molecule has 3 heteroatoms. The maximum Gasteiger partial charge on any atom is 0.122 e. The van der Waals surface area contributed by atoms with E-state index < -0.39 is 0 Å². The summed E-state index contributed by atoms with van der Waals surface area (Å²) in [5.74, 6) is 0.919. The predicted molar refractivity (Wildman–Crippen MR) is 81.4 cm³/mol. The van der Waals surface area contributed by atoms with Crippen LogP contribution in [-0.2, 0) is 0 Å². The van der Waals surface area contributed by atoms with Gasteiger partial charge in [0.25, 0.3) is 0 Å². The summed E-state index contributed by atoms with van der Waals surface area (Å²) in [6.45, 7) is 4.18. The Labute approximate surface area is 114 Å². The van der Waals surface area contributed by atoms with Crippen LogP contribution in [0.1, 0.15) is 11.1 Å². The zero-order chi connectivity index (χ0) is 14.0. The Kier molecular flexibility index (Phi) is 3.65. The van der Waals surface area contributed by atoms with Crippen molar-refractivity contribution in [2.24, 2.45) is 0 Å². The van der Waals surface area contributed by atoms with Gasteiger partial charge in [0.15, 0.2) is 0 Å². The number of anilines is 3. The average molecular weight is 256 g/mol. The van der Waals surface area contributed by atoms with Crippen LogP contribution < -0.4 is 15.4 Å². The van der Waals surface area contributed by atoms with E-state index in [2.05, 4.69) is 30.9 Å². The topological polar surface area (TPSA) is 38.5 Å². The summed E-state index contributed by atoms with van der Waals surface area (Å²) in [4.78, 5) is 2.14. The minimum absolute atomic E-state index is 0.771. The molecule has 19 heavy (non-hydrogen) atoms. The zero-order valence-electron chi connectivity index (χ0n) is 11.9. The number of hydrogen-bond donors (Lipinski definition) is 1. The van der Waals surface area contributed by atoms with Crippen LogP contribution in [0.15, 0.2) is 36.4 Å². The number of methoxy groups -OCH3 is 1. The fourth-order valence-corrected chi connectivity index (χ4v) is 2.24. The number of nitrogen functional groups attached to an aromatic ring is 1. The molecule has 0 saturated carbocycles. The smallest absolute Gasteiger partial charge is 0.122 e. The summed E-state index contributed by atoms with van der Waals surface area (Å²) in [6.07, 6.45) is 0. The maximum atomic E-state index is 5.84. The molecule has 0 aliphatic heterocycles. The van der Waals surface area contributed by atoms with E-state index >= 15 is 0 Å². The Morgan fingerprint density at radius 1 is 1.05 bits per heavy atom. The van der Waals surface area contributed by atoms with E-state index in [0.29, 0.717) is 0 Å². The minimum atomic E-state index is 0.771. The number of ether oxygens (including phenoxy) is 1. The van der Waals surface area contributed by atoms with Crippen LogP contribution in [-0.4, -0.2) is 14.2 Å². The van der Waals surface area contributed by atoms with Crippen molar-refractivity contribution in [2.45, 2.75) is 13.8 Å². The molecule has 0 spiro atoms. The fourth-order valence-electron chi connectivity index (χ4n) is 2.24. The molecular formula is C16H20N2O. The zero-order valence-corrected chi connectivity index (χ0v) is 11.9. The van der Waals surface area contributed by atoms with E-state index in [4.69, 9.17) is 10.5 Å². The second-order valence-electron chi connectivity index (χ2n) is 4.69. The average Bonchev–Trinajstić information content (AvgIpc) is 2.41. The van der Waals surface area contributed by atoms with Gasteiger partial charge in [-0.05, 0) is 55.3 Å². The van der Waals surface area contributed by atoms with Gasteiger partial charge in [0.05, 0.1) is 7.11 Å². The summed E-state index contributed by atoms with van der Waals surface area (Å²) in [5.41, 5.74) is 11.2. The van der Waals surface area contributed by atoms with Crippen molar-refractivity contribution >= 4 is 17.1 Å². The Balaban J connectivity index is 2.45. The molecule has 0 atom stereocenters. The molecule has 0 aliphatic rings. The van der Waals surface area contributed by atoms with E-state index in [9.17, 15) is 0 Å². The summed E-state index contributed by atoms with van der Waals surface area (Å²) in [6, 6.07) is 12.0. The maximum absolute atomic E-state index is 5.84. The Morgan fingerprint density at radius 3 is 2.42 bits per heavy atom. The van der Waals surface area contributed by atoms with Crippen LogP contribution in [0.5, 0.6) is 5.75 Å². The molecule has 0 aliphatic carbocycles. The van der Waals surface area contributed by atoms with E-state index in [0.717, 1.165) is 28.4 Å². The summed E-state index contributed by atoms with van der Waals surface area (Å²) in [7, 11) is 3.74. The number of nitrogens with two attached hydrogens (primary N) is 1. The van der Waals surface area contributed by atoms with Crippen LogP contribution >= 0.6 is 0 Å². The van der Waals surface area contributed by atoms with Gasteiger partial charge in [-0.2, -0.15) is 0 Å². The Hall–Kier alpha value is -2.16. The van der Waals surface area contributed by atoms with Gasteiger partial charge >= 0.3 is 0 Å². The molecule has 0 aromatic heterocycles. The van der Waals surface area contributed by atoms with Gasteiger partial charge < -0.3 is 15.4 Å². The lowest BCUT2D eigenvalue weighted by molar-refractivity contribution is 0.411. The van der Waals surface area contributed by atoms with Gasteiger partial charge in [0.1, 0.15) is 5.75 Å². The van der Waals surface area contributed by atoms with Crippen molar-refractivity contribution in [3.63, 3.8) is 0 Å². The number of nitrogens with zero attached hydrogens (tertiary/aromatic N) is 1. The molecule has 0 heterocycles. The quantitative estimate of drug-likeness (QED) is 0.852. The monoisotopic (exact) mass is 256 g/mol. The Bertz CT molecular complexity index is 593. The lowest BCUT2D eigenvalue weighted by Crippen LogP contribution is -2.12. The first-order chi connectivity index (χ1) is 9.04. The number of rotatable bonds is 3. The molecule has 0 unspecified atom stereocenters. The highest BCUT2D eigenvalue weighted by molar-refractivity contribution is 5.70. The van der Waals surface area contributed by atoms with Crippen molar-refractivity contribution in [2.75, 3.05) is 24.8 Å². The summed E-state index contributed by atoms with van der Waals surface area (Å²) < 4.78 is 5.35. The predicted octanol–water partition coefficient (Wildman–Crippen LogP) is 3.66. The second-order valence-corrected chi connectivity index (χ2v) is 4.69. The van der Waals surface area contributed by atoms with E-state index in [1.54, 1.807) is 7.11 Å². The third-order valence-electron chi connectivity index (χ3n) is 3.55. The van der Waals surface area contributed by atoms with E-state index in [-0.39, 0.29) is 0 Å². The SMILES string of the molecule is COc1ccc(N(C)c2cccc(N)c2)c(C)c1C. The van der Waals surface area contributed by atoms with Gasteiger partial charge in [-0.1, -0.05) is 6.07 Å². The standard InChI is InChI=1S/C16H20N2O/c1-11-12(2)16(19-4)9-8-15(11)18(3)14-7-5-6-13(17)10-14/h5-10H,17H2,1-4H3. The molecule has 3 nitrogen and oxygen atoms in total. The third-order valence-corrected chi connectivity index (χ3v) is 3.55. The van der Waals surface area contributed by atoms with Crippen molar-refractivity contribution in [3.05, 3.63) is 47.5 Å². The van der Waals surface area contributed by atoms with E-state index in [1.807, 2.05) is 31.3 Å². The summed E-state index contributed by atoms with van der Waals surface area (Å²) in [5, 5.41) is 0. The van der Waals surface area contributed by atoms with Gasteiger partial charge in [0.2, 0.25) is 0 Å². The first-order valence-corrected chi connectivity index (χ1v) is 6.28. The normalized spacial score (nSPS) is 10.3. The highest BCUT2D eigenvalue weighted by Crippen LogP contribution is 2.33. The first kappa shape index (κ1) is 13.3. The highest BCUT2D eigenvalue weighted by atomic mass is 16.5. The van der Waals surface area contributed by atoms with Gasteiger partial charge in [-0.15, -0.1) is 0 Å². The van der Waals surface area contributed by atoms with Crippen molar-refractivity contribution in [3.8, 4) is 5.75 Å². The lowest BCUT2D eigenvalue weighted by Gasteiger charge is -2.23. The van der Waals surface area contributed by atoms with Gasteiger partial charge in [-0.3, -0.25) is 0 Å². The lowest BCUT2D eigenvalue weighted by atomic mass is 10.1. The fraction of sp³-hybridized carbons (Fsp3) is 0.250. The van der Waals surface area contributed by atoms with Crippen molar-refractivity contribution < 1.29 is 4.74 Å². The molecule has 2 aromatic rings. The minimum Gasteiger partial charge on any atom is -0.496 e. The van der Waals surface area contributed by atoms with Crippen LogP contribution in [0.4, 0.5) is 17.1 Å². The van der Waals surface area contributed by atoms with Crippen LogP contribution in [0, 0.1) is 13.8 Å². The van der Waals surface area contributed by atoms with Crippen LogP contribution in [0.2, 0.25) is 0 Å². The molecule has 0 saturated heterocycles. The number of hydrogen-bond acceptors (Lipinski definition) is 3. The molecule has 2 rings (SSSR count). The summed E-state index contributed by atoms with van der Waals surface area (Å²) >= 11 is 0.